The van der Waals surface area contributed by atoms with Crippen LogP contribution in [-0.4, -0.2) is 26.5 Å². The molecule has 0 unspecified atom stereocenters. The van der Waals surface area contributed by atoms with Gasteiger partial charge in [-0.15, -0.1) is 0 Å². The third-order valence-corrected chi connectivity index (χ3v) is 1.92. The van der Waals surface area contributed by atoms with Crippen molar-refractivity contribution in [1.29, 1.82) is 0 Å². The molecule has 0 saturated carbocycles. The van der Waals surface area contributed by atoms with Crippen molar-refractivity contribution in [2.45, 2.75) is 0 Å². The fraction of sp³-hybridized carbons (Fsp3) is 0.300. The van der Waals surface area contributed by atoms with Crippen LogP contribution in [0.15, 0.2) is 23.3 Å². The topological polar surface area (TPSA) is 44.9 Å². The van der Waals surface area contributed by atoms with E-state index >= 15 is 0 Å². The van der Waals surface area contributed by atoms with Gasteiger partial charge in [0, 0.05) is 12.7 Å². The molecule has 0 aromatic heterocycles. The Morgan fingerprint density at radius 1 is 1.29 bits per heavy atom. The number of hydrogen-bond donors (Lipinski definition) is 0. The summed E-state index contributed by atoms with van der Waals surface area (Å²) in [6, 6.07) is 5.70. The first-order chi connectivity index (χ1) is 6.90. The summed E-state index contributed by atoms with van der Waals surface area (Å²) in [5, 5.41) is 3.81. The Morgan fingerprint density at radius 2 is 2.21 bits per heavy atom. The Bertz CT molecular complexity index is 350. The quantitative estimate of drug-likeness (QED) is 0.673. The SMILES string of the molecule is COCCOc1ccc2c(c1)C=N[N]2. The normalized spacial score (nSPS) is 12.4. The van der Waals surface area contributed by atoms with E-state index in [1.165, 1.54) is 0 Å². The first-order valence-electron chi connectivity index (χ1n) is 4.40. The molecule has 1 heterocycles. The van der Waals surface area contributed by atoms with E-state index in [2.05, 4.69) is 10.5 Å². The van der Waals surface area contributed by atoms with Crippen LogP contribution in [0.1, 0.15) is 5.56 Å². The molecular formula is C10H11N2O2. The van der Waals surface area contributed by atoms with Gasteiger partial charge in [-0.1, -0.05) is 0 Å². The van der Waals surface area contributed by atoms with Crippen molar-refractivity contribution in [2.75, 3.05) is 20.3 Å². The smallest absolute Gasteiger partial charge is 0.120 e. The third-order valence-electron chi connectivity index (χ3n) is 1.92. The van der Waals surface area contributed by atoms with Gasteiger partial charge >= 0.3 is 0 Å². The van der Waals surface area contributed by atoms with Gasteiger partial charge in [0.2, 0.25) is 0 Å². The second-order valence-electron chi connectivity index (χ2n) is 2.91. The molecule has 1 aliphatic heterocycles. The summed E-state index contributed by atoms with van der Waals surface area (Å²) in [7, 11) is 1.65. The molecular weight excluding hydrogens is 180 g/mol. The van der Waals surface area contributed by atoms with Crippen LogP contribution >= 0.6 is 0 Å². The van der Waals surface area contributed by atoms with Crippen molar-refractivity contribution >= 4 is 11.9 Å². The number of ether oxygens (including phenoxy) is 2. The molecule has 73 valence electrons. The molecule has 0 fully saturated rings. The molecule has 1 aromatic rings. The van der Waals surface area contributed by atoms with Crippen LogP contribution in [0.3, 0.4) is 0 Å². The molecule has 4 nitrogen and oxygen atoms in total. The lowest BCUT2D eigenvalue weighted by molar-refractivity contribution is 0.146. The van der Waals surface area contributed by atoms with Crippen molar-refractivity contribution in [3.63, 3.8) is 0 Å². The van der Waals surface area contributed by atoms with Crippen molar-refractivity contribution in [3.8, 4) is 5.75 Å². The van der Waals surface area contributed by atoms with Gasteiger partial charge in [0.05, 0.1) is 18.5 Å². The van der Waals surface area contributed by atoms with E-state index in [0.717, 1.165) is 17.0 Å². The fourth-order valence-corrected chi connectivity index (χ4v) is 1.21. The molecule has 4 heteroatoms. The van der Waals surface area contributed by atoms with Crippen molar-refractivity contribution in [2.24, 2.45) is 5.10 Å². The highest BCUT2D eigenvalue weighted by Crippen LogP contribution is 2.23. The molecule has 14 heavy (non-hydrogen) atoms. The summed E-state index contributed by atoms with van der Waals surface area (Å²) >= 11 is 0. The van der Waals surface area contributed by atoms with Crippen molar-refractivity contribution < 1.29 is 9.47 Å². The highest BCUT2D eigenvalue weighted by molar-refractivity contribution is 5.89. The van der Waals surface area contributed by atoms with Gasteiger partial charge in [-0.2, -0.15) is 10.5 Å². The van der Waals surface area contributed by atoms with Crippen LogP contribution in [0.5, 0.6) is 5.75 Å². The molecule has 0 aliphatic carbocycles. The minimum absolute atomic E-state index is 0.559. The number of benzene rings is 1. The van der Waals surface area contributed by atoms with Gasteiger partial charge in [0.15, 0.2) is 0 Å². The largest absolute Gasteiger partial charge is 0.491 e. The summed E-state index contributed by atoms with van der Waals surface area (Å²) in [5.41, 5.74) is 5.82. The maximum absolute atomic E-state index is 5.44. The van der Waals surface area contributed by atoms with E-state index in [-0.39, 0.29) is 0 Å². The monoisotopic (exact) mass is 191 g/mol. The average Bonchev–Trinajstić information content (AvgIpc) is 2.65. The highest BCUT2D eigenvalue weighted by atomic mass is 16.5. The Balaban J connectivity index is 2.01. The minimum atomic E-state index is 0.559. The Hall–Kier alpha value is -1.55. The van der Waals surface area contributed by atoms with Gasteiger partial charge in [-0.05, 0) is 18.2 Å². The van der Waals surface area contributed by atoms with E-state index < -0.39 is 0 Å². The Kier molecular flexibility index (Phi) is 2.65. The maximum Gasteiger partial charge on any atom is 0.120 e. The molecule has 0 spiro atoms. The Labute approximate surface area is 82.5 Å². The van der Waals surface area contributed by atoms with E-state index in [0.29, 0.717) is 13.2 Å². The molecule has 2 rings (SSSR count). The molecule has 0 saturated heterocycles. The van der Waals surface area contributed by atoms with Gasteiger partial charge in [-0.3, -0.25) is 0 Å². The van der Waals surface area contributed by atoms with Crippen LogP contribution in [0.2, 0.25) is 0 Å². The zero-order valence-electron chi connectivity index (χ0n) is 7.93. The van der Waals surface area contributed by atoms with Gasteiger partial charge < -0.3 is 9.47 Å². The summed E-state index contributed by atoms with van der Waals surface area (Å²) in [6.07, 6.45) is 1.72. The average molecular weight is 191 g/mol. The summed E-state index contributed by atoms with van der Waals surface area (Å²) in [5.74, 6) is 0.823. The van der Waals surface area contributed by atoms with E-state index in [1.54, 1.807) is 13.3 Å². The lowest BCUT2D eigenvalue weighted by Gasteiger charge is -2.05. The molecule has 0 atom stereocenters. The van der Waals surface area contributed by atoms with Crippen LogP contribution in [0, 0.1) is 0 Å². The van der Waals surface area contributed by atoms with Crippen LogP contribution in [0.25, 0.3) is 0 Å². The fourth-order valence-electron chi connectivity index (χ4n) is 1.21. The van der Waals surface area contributed by atoms with Crippen molar-refractivity contribution in [1.82, 2.24) is 5.43 Å². The first kappa shape index (κ1) is 9.02. The molecule has 0 N–H and O–H groups in total. The van der Waals surface area contributed by atoms with E-state index in [9.17, 15) is 0 Å². The van der Waals surface area contributed by atoms with Crippen LogP contribution in [-0.2, 0) is 4.74 Å². The van der Waals surface area contributed by atoms with Crippen LogP contribution in [0.4, 0.5) is 5.69 Å². The molecule has 1 radical (unpaired) electrons. The van der Waals surface area contributed by atoms with E-state index in [4.69, 9.17) is 9.47 Å². The number of rotatable bonds is 4. The van der Waals surface area contributed by atoms with Crippen molar-refractivity contribution in [3.05, 3.63) is 23.8 Å². The van der Waals surface area contributed by atoms with Gasteiger partial charge in [0.25, 0.3) is 0 Å². The third kappa shape index (κ3) is 1.85. The molecule has 1 aliphatic rings. The van der Waals surface area contributed by atoms with Crippen LogP contribution < -0.4 is 10.2 Å². The number of methoxy groups -OCH3 is 1. The zero-order chi connectivity index (χ0) is 9.80. The van der Waals surface area contributed by atoms with E-state index in [1.807, 2.05) is 18.2 Å². The minimum Gasteiger partial charge on any atom is -0.491 e. The zero-order valence-corrected chi connectivity index (χ0v) is 7.93. The lowest BCUT2D eigenvalue weighted by Crippen LogP contribution is -2.04. The van der Waals surface area contributed by atoms with Gasteiger partial charge in [0.1, 0.15) is 12.4 Å². The first-order valence-corrected chi connectivity index (χ1v) is 4.40. The predicted molar refractivity (Wildman–Crippen MR) is 53.2 cm³/mol. The second kappa shape index (κ2) is 4.11. The highest BCUT2D eigenvalue weighted by Gasteiger charge is 2.08. The standard InChI is InChI=1S/C10H11N2O2/c1-13-4-5-14-9-2-3-10-8(6-9)7-11-12-10/h2-3,6-7H,4-5H2,1H3. The van der Waals surface area contributed by atoms with Gasteiger partial charge in [-0.25, -0.2) is 0 Å². The second-order valence-corrected chi connectivity index (χ2v) is 2.91. The summed E-state index contributed by atoms with van der Waals surface area (Å²) in [4.78, 5) is 0. The number of fused-ring (bicyclic) bond motifs is 1. The number of hydrogen-bond acceptors (Lipinski definition) is 3. The summed E-state index contributed by atoms with van der Waals surface area (Å²) in [6.45, 7) is 1.15. The predicted octanol–water partition coefficient (Wildman–Crippen LogP) is 1.30. The lowest BCUT2D eigenvalue weighted by atomic mass is 10.2. The Morgan fingerprint density at radius 3 is 3.07 bits per heavy atom. The molecule has 0 bridgehead atoms. The number of nitrogens with zero attached hydrogens (tertiary/aromatic N) is 2. The maximum atomic E-state index is 5.44. The summed E-state index contributed by atoms with van der Waals surface area (Å²) < 4.78 is 10.3. The molecule has 0 amide bonds. The molecule has 1 aromatic carbocycles.